The van der Waals surface area contributed by atoms with Crippen LogP contribution < -0.4 is 5.32 Å². The first-order chi connectivity index (χ1) is 8.78. The summed E-state index contributed by atoms with van der Waals surface area (Å²) in [5, 5.41) is 4.39. The van der Waals surface area contributed by atoms with Crippen molar-refractivity contribution >= 4 is 27.3 Å². The van der Waals surface area contributed by atoms with Crippen molar-refractivity contribution in [2.24, 2.45) is 0 Å². The molecule has 1 aliphatic carbocycles. The lowest BCUT2D eigenvalue weighted by molar-refractivity contribution is 0.813. The van der Waals surface area contributed by atoms with E-state index in [-0.39, 0.29) is 0 Å². The van der Waals surface area contributed by atoms with Crippen LogP contribution in [0, 0.1) is 0 Å². The zero-order chi connectivity index (χ0) is 12.5. The van der Waals surface area contributed by atoms with E-state index in [1.165, 1.54) is 29.0 Å². The van der Waals surface area contributed by atoms with E-state index in [1.807, 2.05) is 18.4 Å². The van der Waals surface area contributed by atoms with Crippen molar-refractivity contribution < 1.29 is 0 Å². The number of nitrogens with zero attached hydrogens (tertiary/aromatic N) is 1. The Kier molecular flexibility index (Phi) is 3.50. The van der Waals surface area contributed by atoms with E-state index in [0.29, 0.717) is 5.92 Å². The van der Waals surface area contributed by atoms with Gasteiger partial charge in [-0.15, -0.1) is 11.3 Å². The molecule has 0 aliphatic heterocycles. The van der Waals surface area contributed by atoms with Crippen molar-refractivity contribution in [3.05, 3.63) is 39.3 Å². The van der Waals surface area contributed by atoms with Gasteiger partial charge in [0, 0.05) is 27.4 Å². The molecule has 1 saturated carbocycles. The molecule has 18 heavy (non-hydrogen) atoms. The second-order valence-corrected chi connectivity index (χ2v) is 6.64. The predicted molar refractivity (Wildman–Crippen MR) is 80.0 cm³/mol. The highest BCUT2D eigenvalue weighted by Crippen LogP contribution is 2.44. The number of aromatic nitrogens is 1. The lowest BCUT2D eigenvalue weighted by atomic mass is 10.2. The van der Waals surface area contributed by atoms with Gasteiger partial charge in [0.15, 0.2) is 0 Å². The second-order valence-electron chi connectivity index (χ2n) is 4.64. The van der Waals surface area contributed by atoms with Crippen LogP contribution in [0.15, 0.2) is 28.7 Å². The third-order valence-electron chi connectivity index (χ3n) is 3.12. The Morgan fingerprint density at radius 1 is 1.33 bits per heavy atom. The largest absolute Gasteiger partial charge is 0.315 e. The first-order valence-electron chi connectivity index (χ1n) is 6.18. The minimum atomic E-state index is 0.716. The summed E-state index contributed by atoms with van der Waals surface area (Å²) < 4.78 is 1.11. The quantitative estimate of drug-likeness (QED) is 0.913. The van der Waals surface area contributed by atoms with Crippen LogP contribution in [-0.2, 0) is 6.54 Å². The van der Waals surface area contributed by atoms with Gasteiger partial charge in [0.25, 0.3) is 0 Å². The number of benzene rings is 1. The van der Waals surface area contributed by atoms with E-state index >= 15 is 0 Å². The zero-order valence-corrected chi connectivity index (χ0v) is 12.6. The fraction of sp³-hybridized carbons (Fsp3) is 0.357. The lowest BCUT2D eigenvalue weighted by Crippen LogP contribution is -2.05. The van der Waals surface area contributed by atoms with E-state index in [2.05, 4.69) is 45.5 Å². The first-order valence-corrected chi connectivity index (χ1v) is 7.79. The van der Waals surface area contributed by atoms with Crippen LogP contribution in [0.5, 0.6) is 0 Å². The Morgan fingerprint density at radius 2 is 2.06 bits per heavy atom. The molecule has 2 aromatic rings. The van der Waals surface area contributed by atoms with Crippen molar-refractivity contribution in [1.29, 1.82) is 0 Å². The summed E-state index contributed by atoms with van der Waals surface area (Å²) >= 11 is 5.29. The van der Waals surface area contributed by atoms with E-state index < -0.39 is 0 Å². The van der Waals surface area contributed by atoms with Gasteiger partial charge in [-0.3, -0.25) is 0 Å². The van der Waals surface area contributed by atoms with Gasteiger partial charge in [0.05, 0.1) is 5.69 Å². The summed E-state index contributed by atoms with van der Waals surface area (Å²) in [5.74, 6) is 0.716. The molecule has 0 bridgehead atoms. The molecular weight excluding hydrogens is 308 g/mol. The molecule has 3 rings (SSSR count). The summed E-state index contributed by atoms with van der Waals surface area (Å²) in [6.45, 7) is 0.931. The molecule has 0 saturated heterocycles. The SMILES string of the molecule is CNCc1sc(-c2ccc(Br)cc2)nc1C1CC1. The van der Waals surface area contributed by atoms with Gasteiger partial charge in [0.2, 0.25) is 0 Å². The van der Waals surface area contributed by atoms with Gasteiger partial charge in [0.1, 0.15) is 5.01 Å². The third kappa shape index (κ3) is 2.51. The van der Waals surface area contributed by atoms with Crippen LogP contribution in [0.2, 0.25) is 0 Å². The highest BCUT2D eigenvalue weighted by Gasteiger charge is 2.29. The average molecular weight is 323 g/mol. The lowest BCUT2D eigenvalue weighted by Gasteiger charge is -1.97. The van der Waals surface area contributed by atoms with Gasteiger partial charge in [-0.25, -0.2) is 4.98 Å². The summed E-state index contributed by atoms with van der Waals surface area (Å²) in [4.78, 5) is 6.25. The maximum Gasteiger partial charge on any atom is 0.123 e. The molecule has 0 spiro atoms. The van der Waals surface area contributed by atoms with Gasteiger partial charge >= 0.3 is 0 Å². The van der Waals surface area contributed by atoms with Crippen molar-refractivity contribution in [2.45, 2.75) is 25.3 Å². The molecule has 2 nitrogen and oxygen atoms in total. The fourth-order valence-corrected chi connectivity index (χ4v) is 3.47. The zero-order valence-electron chi connectivity index (χ0n) is 10.2. The number of rotatable bonds is 4. The van der Waals surface area contributed by atoms with Gasteiger partial charge in [-0.2, -0.15) is 0 Å². The summed E-state index contributed by atoms with van der Waals surface area (Å²) in [5.41, 5.74) is 2.54. The molecule has 0 amide bonds. The number of halogens is 1. The second kappa shape index (κ2) is 5.11. The Morgan fingerprint density at radius 3 is 2.67 bits per heavy atom. The number of nitrogens with one attached hydrogen (secondary N) is 1. The maximum atomic E-state index is 4.85. The molecule has 94 valence electrons. The van der Waals surface area contributed by atoms with Crippen LogP contribution in [0.4, 0.5) is 0 Å². The average Bonchev–Trinajstić information content (AvgIpc) is 3.13. The number of thiazole rings is 1. The Bertz CT molecular complexity index is 543. The van der Waals surface area contributed by atoms with Gasteiger partial charge < -0.3 is 5.32 Å². The van der Waals surface area contributed by atoms with E-state index in [9.17, 15) is 0 Å². The van der Waals surface area contributed by atoms with Crippen LogP contribution >= 0.6 is 27.3 Å². The third-order valence-corrected chi connectivity index (χ3v) is 4.77. The van der Waals surface area contributed by atoms with Gasteiger partial charge in [-0.05, 0) is 32.0 Å². The molecule has 1 aromatic heterocycles. The molecule has 0 atom stereocenters. The van der Waals surface area contributed by atoms with Crippen LogP contribution in [-0.4, -0.2) is 12.0 Å². The molecule has 1 N–H and O–H groups in total. The highest BCUT2D eigenvalue weighted by atomic mass is 79.9. The van der Waals surface area contributed by atoms with Crippen LogP contribution in [0.25, 0.3) is 10.6 Å². The molecular formula is C14H15BrN2S. The van der Waals surface area contributed by atoms with E-state index in [0.717, 1.165) is 16.0 Å². The first kappa shape index (κ1) is 12.3. The standard InChI is InChI=1S/C14H15BrN2S/c1-16-8-12-13(9-2-3-9)17-14(18-12)10-4-6-11(15)7-5-10/h4-7,9,16H,2-3,8H2,1H3. The monoisotopic (exact) mass is 322 g/mol. The molecule has 1 heterocycles. The Balaban J connectivity index is 1.96. The topological polar surface area (TPSA) is 24.9 Å². The van der Waals surface area contributed by atoms with E-state index in [4.69, 9.17) is 4.98 Å². The highest BCUT2D eigenvalue weighted by molar-refractivity contribution is 9.10. The smallest absolute Gasteiger partial charge is 0.123 e. The van der Waals surface area contributed by atoms with Crippen molar-refractivity contribution in [2.75, 3.05) is 7.05 Å². The van der Waals surface area contributed by atoms with Crippen LogP contribution in [0.1, 0.15) is 29.3 Å². The summed E-state index contributed by atoms with van der Waals surface area (Å²) in [6.07, 6.45) is 2.61. The molecule has 0 radical (unpaired) electrons. The fourth-order valence-electron chi connectivity index (χ4n) is 2.04. The Labute approximate surface area is 120 Å². The molecule has 1 fully saturated rings. The number of hydrogen-bond acceptors (Lipinski definition) is 3. The summed E-state index contributed by atoms with van der Waals surface area (Å²) in [6, 6.07) is 8.40. The summed E-state index contributed by atoms with van der Waals surface area (Å²) in [7, 11) is 2.00. The van der Waals surface area contributed by atoms with E-state index in [1.54, 1.807) is 0 Å². The molecule has 4 heteroatoms. The van der Waals surface area contributed by atoms with Crippen molar-refractivity contribution in [3.8, 4) is 10.6 Å². The van der Waals surface area contributed by atoms with Crippen molar-refractivity contribution in [3.63, 3.8) is 0 Å². The van der Waals surface area contributed by atoms with Crippen LogP contribution in [0.3, 0.4) is 0 Å². The minimum Gasteiger partial charge on any atom is -0.315 e. The minimum absolute atomic E-state index is 0.716. The predicted octanol–water partition coefficient (Wildman–Crippen LogP) is 4.17. The molecule has 1 aromatic carbocycles. The van der Waals surface area contributed by atoms with Crippen molar-refractivity contribution in [1.82, 2.24) is 10.3 Å². The molecule has 1 aliphatic rings. The number of hydrogen-bond donors (Lipinski definition) is 1. The maximum absolute atomic E-state index is 4.85. The Hall–Kier alpha value is -0.710. The normalized spacial score (nSPS) is 15.0. The van der Waals surface area contributed by atoms with Gasteiger partial charge in [-0.1, -0.05) is 28.1 Å². The molecule has 0 unspecified atom stereocenters.